The smallest absolute Gasteiger partial charge is 0.244 e. The molecule has 144 valence electrons. The van der Waals surface area contributed by atoms with Crippen molar-refractivity contribution in [2.75, 3.05) is 0 Å². The molecule has 1 aromatic heterocycles. The zero-order valence-electron chi connectivity index (χ0n) is 16.6. The number of halogens is 1. The maximum Gasteiger partial charge on any atom is 0.244 e. The molecule has 0 saturated heterocycles. The number of aromatic nitrogens is 1. The van der Waals surface area contributed by atoms with Gasteiger partial charge in [0.1, 0.15) is 0 Å². The SMILES string of the molecule is Cc1ccc(CC(=O)N/N=C\c2cc(C)n(-c3ccc(Br)cc3)c2C)c(C)c1. The first kappa shape index (κ1) is 20.1. The highest BCUT2D eigenvalue weighted by Crippen LogP contribution is 2.21. The summed E-state index contributed by atoms with van der Waals surface area (Å²) in [5, 5.41) is 4.16. The molecule has 2 aromatic carbocycles. The largest absolute Gasteiger partial charge is 0.318 e. The number of hydrogen-bond donors (Lipinski definition) is 1. The van der Waals surface area contributed by atoms with Crippen LogP contribution in [-0.4, -0.2) is 16.7 Å². The fourth-order valence-electron chi connectivity index (χ4n) is 3.34. The van der Waals surface area contributed by atoms with Crippen LogP contribution in [0, 0.1) is 27.7 Å². The molecule has 1 N–H and O–H groups in total. The van der Waals surface area contributed by atoms with Gasteiger partial charge in [0.15, 0.2) is 0 Å². The number of nitrogens with one attached hydrogen (secondary N) is 1. The number of hydrazone groups is 1. The van der Waals surface area contributed by atoms with E-state index in [1.165, 1.54) is 5.56 Å². The van der Waals surface area contributed by atoms with E-state index in [0.717, 1.165) is 38.2 Å². The molecular formula is C23H24BrN3O. The monoisotopic (exact) mass is 437 g/mol. The first-order valence-corrected chi connectivity index (χ1v) is 9.97. The number of hydrogen-bond acceptors (Lipinski definition) is 2. The van der Waals surface area contributed by atoms with Gasteiger partial charge in [0, 0.05) is 27.1 Å². The van der Waals surface area contributed by atoms with Crippen LogP contribution in [-0.2, 0) is 11.2 Å². The average molecular weight is 438 g/mol. The number of amides is 1. The predicted molar refractivity (Wildman–Crippen MR) is 118 cm³/mol. The standard InChI is InChI=1S/C23H24BrN3O/c1-15-5-6-19(16(2)11-15)13-23(28)26-25-14-20-12-17(3)27(18(20)4)22-9-7-21(24)8-10-22/h5-12,14H,13H2,1-4H3,(H,26,28)/b25-14-. The van der Waals surface area contributed by atoms with E-state index in [4.69, 9.17) is 0 Å². The summed E-state index contributed by atoms with van der Waals surface area (Å²) in [6.45, 7) is 8.18. The lowest BCUT2D eigenvalue weighted by Crippen LogP contribution is -2.20. The summed E-state index contributed by atoms with van der Waals surface area (Å²) in [4.78, 5) is 12.2. The lowest BCUT2D eigenvalue weighted by Gasteiger charge is -2.09. The molecule has 0 atom stereocenters. The van der Waals surface area contributed by atoms with E-state index in [-0.39, 0.29) is 5.91 Å². The van der Waals surface area contributed by atoms with Crippen LogP contribution in [0.1, 0.15) is 33.6 Å². The summed E-state index contributed by atoms with van der Waals surface area (Å²) in [5.74, 6) is -0.120. The second-order valence-corrected chi connectivity index (χ2v) is 7.95. The molecule has 4 nitrogen and oxygen atoms in total. The molecule has 0 aliphatic heterocycles. The summed E-state index contributed by atoms with van der Waals surface area (Å²) < 4.78 is 3.22. The van der Waals surface area contributed by atoms with Crippen LogP contribution in [0.5, 0.6) is 0 Å². The molecule has 1 heterocycles. The first-order chi connectivity index (χ1) is 13.3. The van der Waals surface area contributed by atoms with Gasteiger partial charge in [0.25, 0.3) is 0 Å². The Labute approximate surface area is 174 Å². The third-order valence-corrected chi connectivity index (χ3v) is 5.33. The highest BCUT2D eigenvalue weighted by atomic mass is 79.9. The predicted octanol–water partition coefficient (Wildman–Crippen LogP) is 5.17. The summed E-state index contributed by atoms with van der Waals surface area (Å²) in [7, 11) is 0. The molecule has 3 rings (SSSR count). The minimum absolute atomic E-state index is 0.120. The van der Waals surface area contributed by atoms with Crippen LogP contribution >= 0.6 is 15.9 Å². The Kier molecular flexibility index (Phi) is 6.15. The van der Waals surface area contributed by atoms with E-state index >= 15 is 0 Å². The van der Waals surface area contributed by atoms with E-state index in [2.05, 4.69) is 62.2 Å². The molecule has 0 aliphatic rings. The Hall–Kier alpha value is -2.66. The number of benzene rings is 2. The van der Waals surface area contributed by atoms with Crippen molar-refractivity contribution in [1.29, 1.82) is 0 Å². The molecule has 3 aromatic rings. The molecule has 28 heavy (non-hydrogen) atoms. The fraction of sp³-hybridized carbons (Fsp3) is 0.217. The van der Waals surface area contributed by atoms with Crippen molar-refractivity contribution in [2.45, 2.75) is 34.1 Å². The van der Waals surface area contributed by atoms with Crippen LogP contribution in [0.3, 0.4) is 0 Å². The van der Waals surface area contributed by atoms with Crippen molar-refractivity contribution in [3.8, 4) is 5.69 Å². The van der Waals surface area contributed by atoms with Crippen molar-refractivity contribution in [3.05, 3.63) is 86.6 Å². The molecule has 0 fully saturated rings. The quantitative estimate of drug-likeness (QED) is 0.434. The Balaban J connectivity index is 1.70. The number of rotatable bonds is 5. The van der Waals surface area contributed by atoms with Gasteiger partial charge in [-0.15, -0.1) is 0 Å². The van der Waals surface area contributed by atoms with Crippen LogP contribution in [0.4, 0.5) is 0 Å². The zero-order chi connectivity index (χ0) is 20.3. The maximum atomic E-state index is 12.2. The third-order valence-electron chi connectivity index (χ3n) is 4.80. The molecule has 1 amide bonds. The molecule has 0 spiro atoms. The number of nitrogens with zero attached hydrogens (tertiary/aromatic N) is 2. The lowest BCUT2D eigenvalue weighted by molar-refractivity contribution is -0.120. The lowest BCUT2D eigenvalue weighted by atomic mass is 10.0. The minimum atomic E-state index is -0.120. The summed E-state index contributed by atoms with van der Waals surface area (Å²) in [6, 6.07) is 16.4. The van der Waals surface area contributed by atoms with E-state index in [1.54, 1.807) is 6.21 Å². The van der Waals surface area contributed by atoms with E-state index in [1.807, 2.05) is 45.0 Å². The number of aryl methyl sites for hydroxylation is 3. The molecule has 0 radical (unpaired) electrons. The van der Waals surface area contributed by atoms with Gasteiger partial charge in [-0.1, -0.05) is 39.7 Å². The topological polar surface area (TPSA) is 46.4 Å². The first-order valence-electron chi connectivity index (χ1n) is 9.18. The summed E-state index contributed by atoms with van der Waals surface area (Å²) >= 11 is 3.47. The van der Waals surface area contributed by atoms with Gasteiger partial charge in [-0.25, -0.2) is 5.43 Å². The van der Waals surface area contributed by atoms with Gasteiger partial charge in [-0.2, -0.15) is 5.10 Å². The van der Waals surface area contributed by atoms with Crippen LogP contribution in [0.2, 0.25) is 0 Å². The minimum Gasteiger partial charge on any atom is -0.318 e. The second kappa shape index (κ2) is 8.57. The Bertz CT molecular complexity index is 1030. The number of carbonyl (C=O) groups excluding carboxylic acids is 1. The van der Waals surface area contributed by atoms with Gasteiger partial charge in [-0.05, 0) is 69.2 Å². The number of carbonyl (C=O) groups is 1. The molecule has 0 unspecified atom stereocenters. The Morgan fingerprint density at radius 2 is 1.79 bits per heavy atom. The summed E-state index contributed by atoms with van der Waals surface area (Å²) in [5.41, 5.74) is 10.2. The van der Waals surface area contributed by atoms with Gasteiger partial charge < -0.3 is 4.57 Å². The molecule has 0 aliphatic carbocycles. The van der Waals surface area contributed by atoms with Crippen LogP contribution in [0.15, 0.2) is 58.1 Å². The van der Waals surface area contributed by atoms with Crippen molar-refractivity contribution in [2.24, 2.45) is 5.10 Å². The van der Waals surface area contributed by atoms with E-state index < -0.39 is 0 Å². The third kappa shape index (κ3) is 4.60. The maximum absolute atomic E-state index is 12.2. The molecular weight excluding hydrogens is 414 g/mol. The van der Waals surface area contributed by atoms with Crippen molar-refractivity contribution >= 4 is 28.1 Å². The van der Waals surface area contributed by atoms with E-state index in [0.29, 0.717) is 6.42 Å². The molecule has 0 saturated carbocycles. The molecule has 5 heteroatoms. The fourth-order valence-corrected chi connectivity index (χ4v) is 3.60. The Morgan fingerprint density at radius 3 is 2.46 bits per heavy atom. The highest BCUT2D eigenvalue weighted by Gasteiger charge is 2.10. The van der Waals surface area contributed by atoms with Gasteiger partial charge in [0.05, 0.1) is 12.6 Å². The highest BCUT2D eigenvalue weighted by molar-refractivity contribution is 9.10. The van der Waals surface area contributed by atoms with Crippen molar-refractivity contribution < 1.29 is 4.79 Å². The normalized spacial score (nSPS) is 11.2. The van der Waals surface area contributed by atoms with Crippen molar-refractivity contribution in [3.63, 3.8) is 0 Å². The average Bonchev–Trinajstić information content (AvgIpc) is 2.92. The van der Waals surface area contributed by atoms with Gasteiger partial charge >= 0.3 is 0 Å². The van der Waals surface area contributed by atoms with Crippen LogP contribution < -0.4 is 5.43 Å². The second-order valence-electron chi connectivity index (χ2n) is 7.04. The zero-order valence-corrected chi connectivity index (χ0v) is 18.2. The van der Waals surface area contributed by atoms with Gasteiger partial charge in [-0.3, -0.25) is 4.79 Å². The summed E-state index contributed by atoms with van der Waals surface area (Å²) in [6.07, 6.45) is 2.03. The van der Waals surface area contributed by atoms with E-state index in [9.17, 15) is 4.79 Å². The molecule has 0 bridgehead atoms. The van der Waals surface area contributed by atoms with Crippen LogP contribution in [0.25, 0.3) is 5.69 Å². The van der Waals surface area contributed by atoms with Crippen molar-refractivity contribution in [1.82, 2.24) is 9.99 Å². The van der Waals surface area contributed by atoms with Gasteiger partial charge in [0.2, 0.25) is 5.91 Å². The Morgan fingerprint density at radius 1 is 1.07 bits per heavy atom.